The third kappa shape index (κ3) is 2.50. The second kappa shape index (κ2) is 6.46. The summed E-state index contributed by atoms with van der Waals surface area (Å²) in [4.78, 5) is 0. The van der Waals surface area contributed by atoms with Crippen LogP contribution in [-0.2, 0) is 0 Å². The van der Waals surface area contributed by atoms with Gasteiger partial charge >= 0.3 is 0 Å². The Labute approximate surface area is 120 Å². The third-order valence-electron chi connectivity index (χ3n) is 3.64. The van der Waals surface area contributed by atoms with Gasteiger partial charge in [-0.05, 0) is 31.0 Å². The maximum Gasteiger partial charge on any atom is 0.131 e. The van der Waals surface area contributed by atoms with Crippen LogP contribution in [-0.4, -0.2) is 24.0 Å². The van der Waals surface area contributed by atoms with E-state index in [-0.39, 0.29) is 0 Å². The first-order chi connectivity index (χ1) is 9.76. The standard InChI is InChI=1S/C16H22N2O2/c1-5-12(6-2)18-13(10-11-17-18)16-14(19-3)8-7-9-15(16)20-4/h7-12H,5-6H2,1-4H3. The van der Waals surface area contributed by atoms with Crippen LogP contribution in [0.25, 0.3) is 11.3 Å². The highest BCUT2D eigenvalue weighted by atomic mass is 16.5. The molecule has 1 heterocycles. The van der Waals surface area contributed by atoms with Crippen LogP contribution in [0.3, 0.4) is 0 Å². The smallest absolute Gasteiger partial charge is 0.131 e. The third-order valence-corrected chi connectivity index (χ3v) is 3.64. The lowest BCUT2D eigenvalue weighted by Gasteiger charge is -2.19. The van der Waals surface area contributed by atoms with E-state index in [0.29, 0.717) is 6.04 Å². The van der Waals surface area contributed by atoms with Crippen LogP contribution >= 0.6 is 0 Å². The summed E-state index contributed by atoms with van der Waals surface area (Å²) in [5.74, 6) is 1.61. The number of benzene rings is 1. The fourth-order valence-corrected chi connectivity index (χ4v) is 2.54. The van der Waals surface area contributed by atoms with Crippen molar-refractivity contribution >= 4 is 0 Å². The van der Waals surface area contributed by atoms with Crippen LogP contribution in [0.2, 0.25) is 0 Å². The van der Waals surface area contributed by atoms with Crippen LogP contribution in [0.4, 0.5) is 0 Å². The molecule has 2 rings (SSSR count). The molecule has 0 atom stereocenters. The van der Waals surface area contributed by atoms with E-state index in [1.807, 2.05) is 30.5 Å². The first-order valence-electron chi connectivity index (χ1n) is 7.01. The molecule has 1 aromatic heterocycles. The minimum atomic E-state index is 0.384. The van der Waals surface area contributed by atoms with E-state index in [0.717, 1.165) is 35.6 Å². The van der Waals surface area contributed by atoms with E-state index in [9.17, 15) is 0 Å². The van der Waals surface area contributed by atoms with E-state index in [4.69, 9.17) is 9.47 Å². The first kappa shape index (κ1) is 14.4. The fraction of sp³-hybridized carbons (Fsp3) is 0.438. The molecule has 0 unspecified atom stereocenters. The van der Waals surface area contributed by atoms with Gasteiger partial charge in [0.2, 0.25) is 0 Å². The molecule has 4 heteroatoms. The molecule has 0 aliphatic carbocycles. The minimum Gasteiger partial charge on any atom is -0.496 e. The van der Waals surface area contributed by atoms with Gasteiger partial charge in [0.15, 0.2) is 0 Å². The fourth-order valence-electron chi connectivity index (χ4n) is 2.54. The van der Waals surface area contributed by atoms with E-state index >= 15 is 0 Å². The Kier molecular flexibility index (Phi) is 4.66. The summed E-state index contributed by atoms with van der Waals surface area (Å²) in [6.07, 6.45) is 3.92. The zero-order valence-electron chi connectivity index (χ0n) is 12.6. The average Bonchev–Trinajstić information content (AvgIpc) is 2.96. The molecule has 108 valence electrons. The zero-order valence-corrected chi connectivity index (χ0v) is 12.6. The highest BCUT2D eigenvalue weighted by Gasteiger charge is 2.19. The summed E-state index contributed by atoms with van der Waals surface area (Å²) in [6, 6.07) is 8.22. The summed E-state index contributed by atoms with van der Waals surface area (Å²) >= 11 is 0. The van der Waals surface area contributed by atoms with Gasteiger partial charge in [-0.1, -0.05) is 19.9 Å². The Morgan fingerprint density at radius 3 is 2.15 bits per heavy atom. The lowest BCUT2D eigenvalue weighted by atomic mass is 10.1. The van der Waals surface area contributed by atoms with Gasteiger partial charge in [-0.3, -0.25) is 4.68 Å². The molecule has 0 radical (unpaired) electrons. The van der Waals surface area contributed by atoms with Crippen molar-refractivity contribution in [1.29, 1.82) is 0 Å². The Bertz CT molecular complexity index is 537. The van der Waals surface area contributed by atoms with Crippen molar-refractivity contribution in [1.82, 2.24) is 9.78 Å². The van der Waals surface area contributed by atoms with Gasteiger partial charge in [-0.2, -0.15) is 5.10 Å². The number of rotatable bonds is 6. The molecule has 0 N–H and O–H groups in total. The second-order valence-electron chi connectivity index (χ2n) is 4.67. The predicted molar refractivity (Wildman–Crippen MR) is 80.4 cm³/mol. The highest BCUT2D eigenvalue weighted by molar-refractivity contribution is 5.74. The second-order valence-corrected chi connectivity index (χ2v) is 4.67. The van der Waals surface area contributed by atoms with Gasteiger partial charge < -0.3 is 9.47 Å². The number of methoxy groups -OCH3 is 2. The van der Waals surface area contributed by atoms with E-state index in [1.165, 1.54) is 0 Å². The molecule has 0 fully saturated rings. The molecule has 0 saturated heterocycles. The summed E-state index contributed by atoms with van der Waals surface area (Å²) < 4.78 is 13.1. The van der Waals surface area contributed by atoms with Crippen LogP contribution < -0.4 is 9.47 Å². The topological polar surface area (TPSA) is 36.3 Å². The SMILES string of the molecule is CCC(CC)n1nccc1-c1c(OC)cccc1OC. The maximum absolute atomic E-state index is 5.49. The summed E-state index contributed by atoms with van der Waals surface area (Å²) in [7, 11) is 3.35. The van der Waals surface area contributed by atoms with Crippen molar-refractivity contribution in [3.05, 3.63) is 30.5 Å². The van der Waals surface area contributed by atoms with Crippen molar-refractivity contribution in [2.24, 2.45) is 0 Å². The Morgan fingerprint density at radius 2 is 1.65 bits per heavy atom. The van der Waals surface area contributed by atoms with Crippen molar-refractivity contribution in [3.63, 3.8) is 0 Å². The normalized spacial score (nSPS) is 10.8. The quantitative estimate of drug-likeness (QED) is 0.800. The first-order valence-corrected chi connectivity index (χ1v) is 7.01. The number of aromatic nitrogens is 2. The van der Waals surface area contributed by atoms with Gasteiger partial charge in [0.1, 0.15) is 11.5 Å². The molecular weight excluding hydrogens is 252 g/mol. The van der Waals surface area contributed by atoms with Gasteiger partial charge in [0.25, 0.3) is 0 Å². The molecule has 0 saturated carbocycles. The molecule has 0 spiro atoms. The van der Waals surface area contributed by atoms with Gasteiger partial charge in [0, 0.05) is 6.20 Å². The number of ether oxygens (including phenoxy) is 2. The average molecular weight is 274 g/mol. The Hall–Kier alpha value is -1.97. The zero-order chi connectivity index (χ0) is 14.5. The summed E-state index contributed by atoms with van der Waals surface area (Å²) in [5, 5.41) is 4.49. The molecule has 20 heavy (non-hydrogen) atoms. The van der Waals surface area contributed by atoms with Crippen molar-refractivity contribution in [3.8, 4) is 22.8 Å². The van der Waals surface area contributed by atoms with Crippen LogP contribution in [0.1, 0.15) is 32.7 Å². The maximum atomic E-state index is 5.49. The summed E-state index contributed by atoms with van der Waals surface area (Å²) in [6.45, 7) is 4.36. The Balaban J connectivity index is 2.60. The largest absolute Gasteiger partial charge is 0.496 e. The minimum absolute atomic E-state index is 0.384. The number of hydrogen-bond acceptors (Lipinski definition) is 3. The molecule has 0 aliphatic heterocycles. The van der Waals surface area contributed by atoms with Crippen LogP contribution in [0.5, 0.6) is 11.5 Å². The Morgan fingerprint density at radius 1 is 1.05 bits per heavy atom. The molecule has 0 bridgehead atoms. The van der Waals surface area contributed by atoms with Crippen molar-refractivity contribution in [2.45, 2.75) is 32.7 Å². The van der Waals surface area contributed by atoms with E-state index in [1.54, 1.807) is 14.2 Å². The van der Waals surface area contributed by atoms with E-state index < -0.39 is 0 Å². The van der Waals surface area contributed by atoms with E-state index in [2.05, 4.69) is 23.6 Å². The lowest BCUT2D eigenvalue weighted by molar-refractivity contribution is 0.393. The van der Waals surface area contributed by atoms with Crippen LogP contribution in [0.15, 0.2) is 30.5 Å². The van der Waals surface area contributed by atoms with Gasteiger partial charge in [0.05, 0.1) is 31.5 Å². The van der Waals surface area contributed by atoms with Gasteiger partial charge in [-0.15, -0.1) is 0 Å². The van der Waals surface area contributed by atoms with Crippen molar-refractivity contribution in [2.75, 3.05) is 14.2 Å². The molecular formula is C16H22N2O2. The monoisotopic (exact) mass is 274 g/mol. The summed E-state index contributed by atoms with van der Waals surface area (Å²) in [5.41, 5.74) is 2.00. The lowest BCUT2D eigenvalue weighted by Crippen LogP contribution is -2.10. The molecule has 4 nitrogen and oxygen atoms in total. The number of nitrogens with zero attached hydrogens (tertiary/aromatic N) is 2. The van der Waals surface area contributed by atoms with Crippen molar-refractivity contribution < 1.29 is 9.47 Å². The molecule has 0 amide bonds. The molecule has 1 aromatic carbocycles. The highest BCUT2D eigenvalue weighted by Crippen LogP contribution is 2.39. The number of hydrogen-bond donors (Lipinski definition) is 0. The van der Waals surface area contributed by atoms with Gasteiger partial charge in [-0.25, -0.2) is 0 Å². The van der Waals surface area contributed by atoms with Crippen LogP contribution in [0, 0.1) is 0 Å². The molecule has 0 aliphatic rings. The molecule has 2 aromatic rings. The predicted octanol–water partition coefficient (Wildman–Crippen LogP) is 3.93.